The molecule has 3 fully saturated rings. The monoisotopic (exact) mass is 338 g/mol. The molecule has 1 unspecified atom stereocenters. The Kier molecular flexibility index (Phi) is 7.00. The maximum Gasteiger partial charge on any atom is 0.0596 e. The molecule has 1 atom stereocenters. The van der Waals surface area contributed by atoms with E-state index in [1.807, 2.05) is 7.11 Å². The highest BCUT2D eigenvalue weighted by molar-refractivity contribution is 4.85. The number of aliphatic hydroxyl groups is 1. The molecule has 0 bridgehead atoms. The third-order valence-corrected chi connectivity index (χ3v) is 7.08. The second-order valence-electron chi connectivity index (χ2n) is 8.82. The molecule has 0 aliphatic heterocycles. The van der Waals surface area contributed by atoms with Crippen molar-refractivity contribution in [2.75, 3.05) is 7.11 Å². The first-order valence-electron chi connectivity index (χ1n) is 10.5. The van der Waals surface area contributed by atoms with Crippen LogP contribution < -0.4 is 0 Å². The highest BCUT2D eigenvalue weighted by Gasteiger charge is 2.34. The summed E-state index contributed by atoms with van der Waals surface area (Å²) >= 11 is 0. The molecule has 0 aromatic heterocycles. The molecule has 0 aromatic carbocycles. The van der Waals surface area contributed by atoms with Crippen LogP contribution in [-0.2, 0) is 9.47 Å². The van der Waals surface area contributed by atoms with E-state index >= 15 is 0 Å². The molecule has 3 aliphatic carbocycles. The second-order valence-corrected chi connectivity index (χ2v) is 8.82. The van der Waals surface area contributed by atoms with Crippen LogP contribution in [0.3, 0.4) is 0 Å². The van der Waals surface area contributed by atoms with Crippen LogP contribution in [0.2, 0.25) is 0 Å². The third-order valence-electron chi connectivity index (χ3n) is 7.08. The van der Waals surface area contributed by atoms with E-state index in [-0.39, 0.29) is 6.10 Å². The predicted octanol–water partition coefficient (Wildman–Crippen LogP) is 4.71. The number of rotatable bonds is 5. The van der Waals surface area contributed by atoms with Gasteiger partial charge >= 0.3 is 0 Å². The summed E-state index contributed by atoms with van der Waals surface area (Å²) in [6, 6.07) is 0. The van der Waals surface area contributed by atoms with Crippen molar-refractivity contribution in [1.29, 1.82) is 0 Å². The first kappa shape index (κ1) is 18.7. The van der Waals surface area contributed by atoms with E-state index < -0.39 is 0 Å². The highest BCUT2D eigenvalue weighted by atomic mass is 16.5. The van der Waals surface area contributed by atoms with Crippen LogP contribution in [0, 0.1) is 17.8 Å². The van der Waals surface area contributed by atoms with Gasteiger partial charge in [-0.2, -0.15) is 0 Å². The Hall–Kier alpha value is -0.120. The molecular weight excluding hydrogens is 300 g/mol. The molecule has 24 heavy (non-hydrogen) atoms. The van der Waals surface area contributed by atoms with Crippen LogP contribution in [0.15, 0.2) is 0 Å². The van der Waals surface area contributed by atoms with Gasteiger partial charge in [-0.05, 0) is 82.0 Å². The van der Waals surface area contributed by atoms with Gasteiger partial charge in [-0.25, -0.2) is 0 Å². The Bertz CT molecular complexity index is 348. The summed E-state index contributed by atoms with van der Waals surface area (Å²) < 4.78 is 11.8. The van der Waals surface area contributed by atoms with Crippen molar-refractivity contribution in [3.05, 3.63) is 0 Å². The minimum atomic E-state index is -0.0596. The van der Waals surface area contributed by atoms with E-state index in [1.54, 1.807) is 0 Å². The Balaban J connectivity index is 1.36. The summed E-state index contributed by atoms with van der Waals surface area (Å²) in [4.78, 5) is 0. The van der Waals surface area contributed by atoms with Gasteiger partial charge in [0.2, 0.25) is 0 Å². The summed E-state index contributed by atoms with van der Waals surface area (Å²) in [5.41, 5.74) is 0. The molecule has 0 aromatic rings. The van der Waals surface area contributed by atoms with Crippen molar-refractivity contribution in [3.63, 3.8) is 0 Å². The fourth-order valence-electron chi connectivity index (χ4n) is 5.25. The lowest BCUT2D eigenvalue weighted by molar-refractivity contribution is -0.0804. The van der Waals surface area contributed by atoms with Crippen LogP contribution >= 0.6 is 0 Å². The van der Waals surface area contributed by atoms with Gasteiger partial charge in [0.1, 0.15) is 0 Å². The number of methoxy groups -OCH3 is 1. The van der Waals surface area contributed by atoms with Gasteiger partial charge in [-0.1, -0.05) is 19.8 Å². The molecule has 0 heterocycles. The molecule has 0 amide bonds. The maximum absolute atomic E-state index is 10.8. The SMILES string of the molecule is COC1CCC(OC2CCC(C(O)C3CCC(C)CC3)CC2)CC1. The lowest BCUT2D eigenvalue weighted by Crippen LogP contribution is -2.37. The maximum atomic E-state index is 10.8. The molecule has 1 N–H and O–H groups in total. The molecule has 3 aliphatic rings. The van der Waals surface area contributed by atoms with E-state index in [4.69, 9.17) is 9.47 Å². The smallest absolute Gasteiger partial charge is 0.0596 e. The van der Waals surface area contributed by atoms with Crippen LogP contribution in [0.5, 0.6) is 0 Å². The number of aliphatic hydroxyl groups excluding tert-OH is 1. The van der Waals surface area contributed by atoms with E-state index in [0.717, 1.165) is 57.3 Å². The van der Waals surface area contributed by atoms with Crippen molar-refractivity contribution in [1.82, 2.24) is 0 Å². The standard InChI is InChI=1S/C21H38O3/c1-15-3-5-16(6-4-15)21(22)17-7-9-19(10-8-17)24-20-13-11-18(23-2)12-14-20/h15-22H,3-14H2,1-2H3. The number of hydrogen-bond acceptors (Lipinski definition) is 3. The summed E-state index contributed by atoms with van der Waals surface area (Å²) in [6.07, 6.45) is 15.6. The highest BCUT2D eigenvalue weighted by Crippen LogP contribution is 2.38. The topological polar surface area (TPSA) is 38.7 Å². The second kappa shape index (κ2) is 9.00. The fourth-order valence-corrected chi connectivity index (χ4v) is 5.25. The van der Waals surface area contributed by atoms with Crippen LogP contribution in [0.1, 0.15) is 84.0 Å². The van der Waals surface area contributed by atoms with Crippen molar-refractivity contribution in [2.45, 2.75) is 108 Å². The van der Waals surface area contributed by atoms with Crippen molar-refractivity contribution in [2.24, 2.45) is 17.8 Å². The minimum absolute atomic E-state index is 0.0596. The molecule has 0 saturated heterocycles. The van der Waals surface area contributed by atoms with Gasteiger partial charge in [0.15, 0.2) is 0 Å². The fraction of sp³-hybridized carbons (Fsp3) is 1.00. The van der Waals surface area contributed by atoms with Crippen LogP contribution in [0.4, 0.5) is 0 Å². The van der Waals surface area contributed by atoms with E-state index in [2.05, 4.69) is 6.92 Å². The lowest BCUT2D eigenvalue weighted by atomic mass is 9.73. The van der Waals surface area contributed by atoms with Gasteiger partial charge in [0, 0.05) is 7.11 Å². The van der Waals surface area contributed by atoms with Crippen molar-refractivity contribution >= 4 is 0 Å². The normalized spacial score (nSPS) is 42.6. The zero-order chi connectivity index (χ0) is 16.9. The Morgan fingerprint density at radius 1 is 0.667 bits per heavy atom. The lowest BCUT2D eigenvalue weighted by Gasteiger charge is -2.39. The molecule has 0 spiro atoms. The van der Waals surface area contributed by atoms with Crippen LogP contribution in [-0.4, -0.2) is 36.6 Å². The molecule has 3 rings (SSSR count). The Labute approximate surface area is 148 Å². The van der Waals surface area contributed by atoms with Gasteiger partial charge < -0.3 is 14.6 Å². The van der Waals surface area contributed by atoms with E-state index in [0.29, 0.717) is 30.1 Å². The first-order valence-corrected chi connectivity index (χ1v) is 10.5. The van der Waals surface area contributed by atoms with E-state index in [9.17, 15) is 5.11 Å². The summed E-state index contributed by atoms with van der Waals surface area (Å²) in [5, 5.41) is 10.8. The minimum Gasteiger partial charge on any atom is -0.393 e. The number of hydrogen-bond donors (Lipinski definition) is 1. The molecular formula is C21H38O3. The Morgan fingerprint density at radius 3 is 1.58 bits per heavy atom. The zero-order valence-electron chi connectivity index (χ0n) is 15.8. The molecule has 140 valence electrons. The number of ether oxygens (including phenoxy) is 2. The zero-order valence-corrected chi connectivity index (χ0v) is 15.8. The molecule has 3 nitrogen and oxygen atoms in total. The van der Waals surface area contributed by atoms with Gasteiger partial charge in [-0.15, -0.1) is 0 Å². The molecule has 3 heteroatoms. The summed E-state index contributed by atoms with van der Waals surface area (Å²) in [5.74, 6) is 1.95. The average molecular weight is 339 g/mol. The van der Waals surface area contributed by atoms with Gasteiger partial charge in [0.25, 0.3) is 0 Å². The van der Waals surface area contributed by atoms with Gasteiger partial charge in [0.05, 0.1) is 24.4 Å². The van der Waals surface area contributed by atoms with Crippen molar-refractivity contribution in [3.8, 4) is 0 Å². The summed E-state index contributed by atoms with van der Waals surface area (Å²) in [7, 11) is 1.82. The van der Waals surface area contributed by atoms with Crippen molar-refractivity contribution < 1.29 is 14.6 Å². The van der Waals surface area contributed by atoms with E-state index in [1.165, 1.54) is 25.7 Å². The molecule has 3 saturated carbocycles. The third kappa shape index (κ3) is 4.95. The van der Waals surface area contributed by atoms with Crippen LogP contribution in [0.25, 0.3) is 0 Å². The predicted molar refractivity (Wildman–Crippen MR) is 97.0 cm³/mol. The molecule has 0 radical (unpaired) electrons. The first-order chi connectivity index (χ1) is 11.7. The quantitative estimate of drug-likeness (QED) is 0.789. The van der Waals surface area contributed by atoms with Gasteiger partial charge in [-0.3, -0.25) is 0 Å². The summed E-state index contributed by atoms with van der Waals surface area (Å²) in [6.45, 7) is 2.35. The largest absolute Gasteiger partial charge is 0.393 e. The Morgan fingerprint density at radius 2 is 1.08 bits per heavy atom. The average Bonchev–Trinajstić information content (AvgIpc) is 2.63.